The first kappa shape index (κ1) is 68.2. The van der Waals surface area contributed by atoms with E-state index in [1.165, 1.54) is 109 Å². The van der Waals surface area contributed by atoms with Gasteiger partial charge in [0.05, 0.1) is 61.2 Å². The minimum atomic E-state index is 0.584. The lowest BCUT2D eigenvalue weighted by molar-refractivity contribution is 0.953. The highest BCUT2D eigenvalue weighted by Crippen LogP contribution is 2.45. The third-order valence-corrected chi connectivity index (χ3v) is 24.3. The van der Waals surface area contributed by atoms with E-state index in [0.29, 0.717) is 23.5 Å². The quantitative estimate of drug-likeness (QED) is 0.127. The molecule has 558 valence electrons. The summed E-state index contributed by atoms with van der Waals surface area (Å²) in [5, 5.41) is 22.2. The van der Waals surface area contributed by atoms with Crippen LogP contribution >= 0.6 is 0 Å². The number of rotatable bonds is 10. The van der Waals surface area contributed by atoms with Crippen LogP contribution in [0.4, 0.5) is 0 Å². The average molecular weight is 1530 g/mol. The first-order chi connectivity index (χ1) is 59.5. The molecule has 0 aliphatic heterocycles. The Morgan fingerprint density at radius 2 is 0.450 bits per heavy atom. The number of fused-ring (bicyclic) bond motifs is 21. The molecule has 0 bridgehead atoms. The van der Waals surface area contributed by atoms with Crippen molar-refractivity contribution in [1.82, 2.24) is 43.2 Å². The fourth-order valence-electron chi connectivity index (χ4n) is 18.8. The van der Waals surface area contributed by atoms with Crippen LogP contribution in [0.15, 0.2) is 419 Å². The normalized spacial score (nSPS) is 11.8. The molecular formula is C111H69N9. The van der Waals surface area contributed by atoms with E-state index in [-0.39, 0.29) is 0 Å². The zero-order chi connectivity index (χ0) is 78.9. The smallest absolute Gasteiger partial charge is 0.238 e. The van der Waals surface area contributed by atoms with Crippen molar-refractivity contribution in [2.45, 2.75) is 0 Å². The molecule has 9 heteroatoms. The first-order valence-corrected chi connectivity index (χ1v) is 40.8. The van der Waals surface area contributed by atoms with Gasteiger partial charge in [-0.25, -0.2) is 15.0 Å². The maximum Gasteiger partial charge on any atom is 0.238 e. The molecule has 0 spiro atoms. The number of hydrogen-bond donors (Lipinski definition) is 0. The molecule has 0 aliphatic rings. The van der Waals surface area contributed by atoms with Gasteiger partial charge in [0.25, 0.3) is 0 Å². The van der Waals surface area contributed by atoms with Crippen LogP contribution < -0.4 is 0 Å². The molecule has 0 radical (unpaired) electrons. The molecule has 6 aromatic heterocycles. The van der Waals surface area contributed by atoms with Crippen LogP contribution in [0.25, 0.3) is 232 Å². The van der Waals surface area contributed by atoms with Crippen molar-refractivity contribution in [3.63, 3.8) is 0 Å². The molecule has 0 aliphatic carbocycles. The van der Waals surface area contributed by atoms with Gasteiger partial charge in [-0.3, -0.25) is 9.13 Å². The fraction of sp³-hybridized carbons (Fsp3) is 0. The van der Waals surface area contributed by atoms with Crippen LogP contribution in [0.2, 0.25) is 0 Å². The van der Waals surface area contributed by atoms with Crippen molar-refractivity contribution in [3.8, 4) is 90.8 Å². The summed E-state index contributed by atoms with van der Waals surface area (Å²) in [5.74, 6) is 2.50. The van der Waals surface area contributed by atoms with E-state index in [4.69, 9.17) is 24.9 Å². The van der Waals surface area contributed by atoms with Gasteiger partial charge < -0.3 is 9.13 Å². The van der Waals surface area contributed by atoms with Crippen LogP contribution in [0, 0.1) is 0 Å². The van der Waals surface area contributed by atoms with E-state index in [0.717, 1.165) is 99.6 Å². The summed E-state index contributed by atoms with van der Waals surface area (Å²) in [7, 11) is 0. The predicted octanol–water partition coefficient (Wildman–Crippen LogP) is 28.5. The Kier molecular flexibility index (Phi) is 15.8. The summed E-state index contributed by atoms with van der Waals surface area (Å²) in [6.07, 6.45) is 0. The molecule has 9 nitrogen and oxygen atoms in total. The minimum Gasteiger partial charge on any atom is -0.309 e. The molecule has 0 N–H and O–H groups in total. The lowest BCUT2D eigenvalue weighted by Gasteiger charge is -2.14. The monoisotopic (exact) mass is 1530 g/mol. The van der Waals surface area contributed by atoms with Crippen molar-refractivity contribution >= 4 is 141 Å². The zero-order valence-corrected chi connectivity index (χ0v) is 64.9. The van der Waals surface area contributed by atoms with Gasteiger partial charge in [0.2, 0.25) is 11.9 Å². The number of nitrogens with zero attached hydrogens (tertiary/aromatic N) is 9. The van der Waals surface area contributed by atoms with E-state index in [2.05, 4.69) is 364 Å². The Hall–Kier alpha value is -16.2. The molecule has 0 atom stereocenters. The second-order valence-electron chi connectivity index (χ2n) is 31.0. The van der Waals surface area contributed by atoms with E-state index >= 15 is 0 Å². The van der Waals surface area contributed by atoms with Crippen molar-refractivity contribution in [3.05, 3.63) is 419 Å². The third kappa shape index (κ3) is 11.1. The lowest BCUT2D eigenvalue weighted by Crippen LogP contribution is -2.06. The topological polar surface area (TPSA) is 84.2 Å². The molecule has 0 fully saturated rings. The third-order valence-electron chi connectivity index (χ3n) is 24.3. The van der Waals surface area contributed by atoms with Crippen molar-refractivity contribution in [2.24, 2.45) is 0 Å². The number of aromatic nitrogens is 9. The standard InChI is InChI=1S/C57H35N5.C54H34N4/c1-3-15-36(16-4-1)55-58-56(37-17-5-2-6-18-37)60-57(59-55)62-52-26-14-12-24-47(52)50-34-39(28-32-54(50)62)38-27-31-53-49(33-38)46-23-11-13-25-51(46)61(53)40-29-30-45-43-21-8-7-19-41(43)42-20-9-10-22-44(42)48(45)35-40;1-3-15-35(16-4-1)47-34-48(36-17-5-2-6-18-36)56-54(55-47)58-50-26-14-12-24-44(50)46-32-38(28-30-52(46)58)37-27-29-51-45(31-37)43-23-11-13-25-49(43)57(51)53-33-39-19-7-8-20-40(39)41-21-9-10-22-42(41)53/h1-35H;1-34H. The number of para-hydroxylation sites is 4. The Labute approximate surface area is 689 Å². The van der Waals surface area contributed by atoms with E-state index < -0.39 is 0 Å². The Balaban J connectivity index is 0.000000137. The van der Waals surface area contributed by atoms with Crippen LogP contribution in [-0.4, -0.2) is 43.2 Å². The highest BCUT2D eigenvalue weighted by atomic mass is 15.2. The minimum absolute atomic E-state index is 0.584. The van der Waals surface area contributed by atoms with Gasteiger partial charge in [-0.2, -0.15) is 9.97 Å². The summed E-state index contributed by atoms with van der Waals surface area (Å²) in [6.45, 7) is 0. The van der Waals surface area contributed by atoms with Gasteiger partial charge in [-0.1, -0.05) is 322 Å². The van der Waals surface area contributed by atoms with Crippen LogP contribution in [0.3, 0.4) is 0 Å². The Bertz CT molecular complexity index is 8320. The predicted molar refractivity (Wildman–Crippen MR) is 499 cm³/mol. The van der Waals surface area contributed by atoms with Gasteiger partial charge in [0.1, 0.15) is 0 Å². The van der Waals surface area contributed by atoms with E-state index in [1.54, 1.807) is 0 Å². The molecular weight excluding hydrogens is 1460 g/mol. The van der Waals surface area contributed by atoms with E-state index in [9.17, 15) is 0 Å². The molecule has 120 heavy (non-hydrogen) atoms. The van der Waals surface area contributed by atoms with Crippen LogP contribution in [0.5, 0.6) is 0 Å². The van der Waals surface area contributed by atoms with Crippen LogP contribution in [-0.2, 0) is 0 Å². The molecule has 25 aromatic rings. The summed E-state index contributed by atoms with van der Waals surface area (Å²) in [5.41, 5.74) is 21.7. The molecule has 25 rings (SSSR count). The highest BCUT2D eigenvalue weighted by molar-refractivity contribution is 6.26. The summed E-state index contributed by atoms with van der Waals surface area (Å²) >= 11 is 0. The molecule has 19 aromatic carbocycles. The largest absolute Gasteiger partial charge is 0.309 e. The second kappa shape index (κ2) is 27.8. The molecule has 0 saturated heterocycles. The van der Waals surface area contributed by atoms with E-state index in [1.807, 2.05) is 72.8 Å². The SMILES string of the molecule is c1ccc(-c2cc(-c3ccccc3)nc(-n3c4ccccc4c4cc(-c5ccc6c(c5)c5ccccc5n6-c5cc6ccccc6c6ccccc56)ccc43)n2)cc1.c1ccc(-c2nc(-c3ccccc3)nc(-n3c4ccccc4c4cc(-c5ccc6c(c5)c5ccccc5n6-c5ccc6c7ccccc7c7ccccc7c6c5)ccc43)n2)cc1. The van der Waals surface area contributed by atoms with Crippen LogP contribution in [0.1, 0.15) is 0 Å². The Morgan fingerprint density at radius 1 is 0.150 bits per heavy atom. The number of benzene rings is 19. The van der Waals surface area contributed by atoms with Crippen molar-refractivity contribution in [2.75, 3.05) is 0 Å². The number of hydrogen-bond acceptors (Lipinski definition) is 5. The highest BCUT2D eigenvalue weighted by Gasteiger charge is 2.24. The lowest BCUT2D eigenvalue weighted by atomic mass is 9.94. The Morgan fingerprint density at radius 3 is 0.883 bits per heavy atom. The van der Waals surface area contributed by atoms with Gasteiger partial charge in [-0.15, -0.1) is 0 Å². The van der Waals surface area contributed by atoms with Gasteiger partial charge in [0, 0.05) is 76.4 Å². The van der Waals surface area contributed by atoms with Gasteiger partial charge in [0.15, 0.2) is 11.6 Å². The fourth-order valence-corrected chi connectivity index (χ4v) is 18.8. The second-order valence-corrected chi connectivity index (χ2v) is 31.0. The average Bonchev–Trinajstić information content (AvgIpc) is 1.48. The maximum atomic E-state index is 5.23. The first-order valence-electron chi connectivity index (χ1n) is 40.8. The summed E-state index contributed by atoms with van der Waals surface area (Å²) in [4.78, 5) is 25.7. The molecule has 0 saturated carbocycles. The van der Waals surface area contributed by atoms with Crippen molar-refractivity contribution < 1.29 is 0 Å². The molecule has 0 unspecified atom stereocenters. The summed E-state index contributed by atoms with van der Waals surface area (Å²) < 4.78 is 9.28. The van der Waals surface area contributed by atoms with Crippen molar-refractivity contribution in [1.29, 1.82) is 0 Å². The molecule has 0 amide bonds. The summed E-state index contributed by atoms with van der Waals surface area (Å²) in [6, 6.07) is 150. The van der Waals surface area contributed by atoms with Gasteiger partial charge in [-0.05, 0) is 168 Å². The van der Waals surface area contributed by atoms with Gasteiger partial charge >= 0.3 is 0 Å². The molecule has 6 heterocycles. The maximum absolute atomic E-state index is 5.23. The zero-order valence-electron chi connectivity index (χ0n) is 64.9.